The Morgan fingerprint density at radius 3 is 2.50 bits per heavy atom. The molecule has 1 aliphatic heterocycles. The first kappa shape index (κ1) is 11.1. The molecule has 1 rings (SSSR count). The summed E-state index contributed by atoms with van der Waals surface area (Å²) in [6.07, 6.45) is 0.179. The normalized spacial score (nSPS) is 23.4. The molecule has 2 N–H and O–H groups in total. The molecule has 1 atom stereocenters. The number of nitrogens with zero attached hydrogens (tertiary/aromatic N) is 1. The van der Waals surface area contributed by atoms with Gasteiger partial charge in [-0.2, -0.15) is 0 Å². The molecule has 14 heavy (non-hydrogen) atoms. The number of likely N-dealkylation sites (tertiary alicyclic amines) is 1. The van der Waals surface area contributed by atoms with Gasteiger partial charge in [0.25, 0.3) is 0 Å². The summed E-state index contributed by atoms with van der Waals surface area (Å²) in [6, 6.07) is -0.491. The molecule has 0 aliphatic carbocycles. The van der Waals surface area contributed by atoms with Crippen molar-refractivity contribution in [2.75, 3.05) is 13.7 Å². The zero-order valence-electron chi connectivity index (χ0n) is 8.70. The van der Waals surface area contributed by atoms with Gasteiger partial charge in [0.15, 0.2) is 0 Å². The predicted molar refractivity (Wildman–Crippen MR) is 50.5 cm³/mol. The van der Waals surface area contributed by atoms with Crippen molar-refractivity contribution in [2.45, 2.75) is 31.8 Å². The van der Waals surface area contributed by atoms with Crippen LogP contribution in [0.4, 0.5) is 0 Å². The van der Waals surface area contributed by atoms with Crippen molar-refractivity contribution in [3.8, 4) is 0 Å². The van der Waals surface area contributed by atoms with Crippen LogP contribution >= 0.6 is 0 Å². The van der Waals surface area contributed by atoms with E-state index < -0.39 is 11.6 Å². The Kier molecular flexibility index (Phi) is 2.92. The third-order valence-electron chi connectivity index (χ3n) is 2.34. The molecule has 0 aromatic rings. The highest BCUT2D eigenvalue weighted by molar-refractivity contribution is 6.05. The van der Waals surface area contributed by atoms with Gasteiger partial charge in [-0.05, 0) is 13.8 Å². The van der Waals surface area contributed by atoms with Gasteiger partial charge >= 0.3 is 0 Å². The summed E-state index contributed by atoms with van der Waals surface area (Å²) in [5, 5.41) is 12.0. The zero-order chi connectivity index (χ0) is 10.9. The summed E-state index contributed by atoms with van der Waals surface area (Å²) >= 11 is 0. The van der Waals surface area contributed by atoms with E-state index in [1.807, 2.05) is 0 Å². The molecule has 0 aromatic carbocycles. The van der Waals surface area contributed by atoms with Crippen molar-refractivity contribution in [1.82, 2.24) is 10.2 Å². The molecule has 2 amide bonds. The Morgan fingerprint density at radius 1 is 1.57 bits per heavy atom. The molecule has 5 nitrogen and oxygen atoms in total. The molecule has 80 valence electrons. The topological polar surface area (TPSA) is 69.6 Å². The lowest BCUT2D eigenvalue weighted by Gasteiger charge is -2.26. The zero-order valence-corrected chi connectivity index (χ0v) is 8.70. The number of imide groups is 1. The number of aliphatic hydroxyl groups excluding tert-OH is 1. The highest BCUT2D eigenvalue weighted by Crippen LogP contribution is 2.14. The largest absolute Gasteiger partial charge is 0.394 e. The van der Waals surface area contributed by atoms with E-state index in [1.54, 1.807) is 13.8 Å². The monoisotopic (exact) mass is 200 g/mol. The van der Waals surface area contributed by atoms with E-state index >= 15 is 0 Å². The second-order valence-corrected chi connectivity index (χ2v) is 4.23. The van der Waals surface area contributed by atoms with E-state index in [0.717, 1.165) is 4.90 Å². The fourth-order valence-corrected chi connectivity index (χ4v) is 1.39. The van der Waals surface area contributed by atoms with Crippen LogP contribution in [-0.2, 0) is 9.59 Å². The van der Waals surface area contributed by atoms with Crippen molar-refractivity contribution in [3.63, 3.8) is 0 Å². The summed E-state index contributed by atoms with van der Waals surface area (Å²) in [5.74, 6) is -0.405. The first-order valence-electron chi connectivity index (χ1n) is 4.56. The Bertz CT molecular complexity index is 263. The minimum atomic E-state index is -0.536. The number of carbonyl (C=O) groups excluding carboxylic acids is 2. The first-order valence-corrected chi connectivity index (χ1v) is 4.56. The Morgan fingerprint density at radius 2 is 2.14 bits per heavy atom. The molecule has 1 aliphatic rings. The SMILES string of the molecule is CN1C(=O)CC(NC(C)(C)CO)C1=O. The first-order chi connectivity index (χ1) is 6.37. The van der Waals surface area contributed by atoms with Crippen molar-refractivity contribution in [3.05, 3.63) is 0 Å². The molecular weight excluding hydrogens is 184 g/mol. The van der Waals surface area contributed by atoms with Crippen LogP contribution in [0, 0.1) is 0 Å². The quantitative estimate of drug-likeness (QED) is 0.579. The molecule has 0 spiro atoms. The lowest BCUT2D eigenvalue weighted by molar-refractivity contribution is -0.137. The van der Waals surface area contributed by atoms with Gasteiger partial charge in [-0.3, -0.25) is 19.8 Å². The van der Waals surface area contributed by atoms with Crippen LogP contribution in [0.1, 0.15) is 20.3 Å². The van der Waals surface area contributed by atoms with E-state index in [4.69, 9.17) is 5.11 Å². The molecule has 0 aromatic heterocycles. The molecule has 1 heterocycles. The molecule has 1 fully saturated rings. The van der Waals surface area contributed by atoms with E-state index in [9.17, 15) is 9.59 Å². The summed E-state index contributed by atoms with van der Waals surface area (Å²) in [5.41, 5.74) is -0.536. The second-order valence-electron chi connectivity index (χ2n) is 4.23. The van der Waals surface area contributed by atoms with Gasteiger partial charge in [0, 0.05) is 12.6 Å². The number of likely N-dealkylation sites (N-methyl/N-ethyl adjacent to an activating group) is 1. The minimum absolute atomic E-state index is 0.0747. The smallest absolute Gasteiger partial charge is 0.246 e. The fourth-order valence-electron chi connectivity index (χ4n) is 1.39. The third-order valence-corrected chi connectivity index (χ3v) is 2.34. The van der Waals surface area contributed by atoms with Gasteiger partial charge in [0.05, 0.1) is 19.1 Å². The number of aliphatic hydroxyl groups is 1. The number of rotatable bonds is 3. The maximum Gasteiger partial charge on any atom is 0.246 e. The average molecular weight is 200 g/mol. The van der Waals surface area contributed by atoms with Crippen molar-refractivity contribution in [2.24, 2.45) is 0 Å². The molecular formula is C9H16N2O3. The van der Waals surface area contributed by atoms with Crippen LogP contribution in [0.2, 0.25) is 0 Å². The summed E-state index contributed by atoms with van der Waals surface area (Å²) in [4.78, 5) is 23.8. The fraction of sp³-hybridized carbons (Fsp3) is 0.778. The number of amides is 2. The molecule has 5 heteroatoms. The average Bonchev–Trinajstić information content (AvgIpc) is 2.33. The molecule has 1 unspecified atom stereocenters. The minimum Gasteiger partial charge on any atom is -0.394 e. The lowest BCUT2D eigenvalue weighted by Crippen LogP contribution is -2.51. The van der Waals surface area contributed by atoms with Gasteiger partial charge in [-0.25, -0.2) is 0 Å². The maximum atomic E-state index is 11.5. The molecule has 0 radical (unpaired) electrons. The number of nitrogens with one attached hydrogen (secondary N) is 1. The van der Waals surface area contributed by atoms with Crippen molar-refractivity contribution in [1.29, 1.82) is 0 Å². The number of carbonyl (C=O) groups is 2. The van der Waals surface area contributed by atoms with Gasteiger partial charge in [0.2, 0.25) is 11.8 Å². The van der Waals surface area contributed by atoms with E-state index in [1.165, 1.54) is 7.05 Å². The van der Waals surface area contributed by atoms with Crippen molar-refractivity contribution >= 4 is 11.8 Å². The summed E-state index contributed by atoms with van der Waals surface area (Å²) in [7, 11) is 1.47. The van der Waals surface area contributed by atoms with E-state index in [0.29, 0.717) is 0 Å². The van der Waals surface area contributed by atoms with Gasteiger partial charge in [0.1, 0.15) is 0 Å². The summed E-state index contributed by atoms with van der Waals surface area (Å²) < 4.78 is 0. The Hall–Kier alpha value is -0.940. The van der Waals surface area contributed by atoms with Crippen LogP contribution in [0.25, 0.3) is 0 Å². The number of hydrogen-bond acceptors (Lipinski definition) is 4. The Labute approximate surface area is 83.1 Å². The van der Waals surface area contributed by atoms with Crippen LogP contribution in [-0.4, -0.2) is 47.1 Å². The van der Waals surface area contributed by atoms with Crippen LogP contribution in [0.15, 0.2) is 0 Å². The summed E-state index contributed by atoms with van der Waals surface area (Å²) in [6.45, 7) is 3.49. The predicted octanol–water partition coefficient (Wildman–Crippen LogP) is -0.896. The van der Waals surface area contributed by atoms with Crippen LogP contribution in [0.5, 0.6) is 0 Å². The molecule has 0 saturated carbocycles. The standard InChI is InChI=1S/C9H16N2O3/c1-9(2,5-12)10-6-4-7(13)11(3)8(6)14/h6,10,12H,4-5H2,1-3H3. The highest BCUT2D eigenvalue weighted by Gasteiger charge is 2.38. The van der Waals surface area contributed by atoms with Crippen LogP contribution < -0.4 is 5.32 Å². The highest BCUT2D eigenvalue weighted by atomic mass is 16.3. The maximum absolute atomic E-state index is 11.5. The lowest BCUT2D eigenvalue weighted by atomic mass is 10.0. The van der Waals surface area contributed by atoms with E-state index in [-0.39, 0.29) is 24.8 Å². The van der Waals surface area contributed by atoms with Gasteiger partial charge < -0.3 is 5.11 Å². The molecule has 0 bridgehead atoms. The molecule has 1 saturated heterocycles. The van der Waals surface area contributed by atoms with Gasteiger partial charge in [-0.1, -0.05) is 0 Å². The van der Waals surface area contributed by atoms with Crippen molar-refractivity contribution < 1.29 is 14.7 Å². The van der Waals surface area contributed by atoms with Crippen LogP contribution in [0.3, 0.4) is 0 Å². The van der Waals surface area contributed by atoms with E-state index in [2.05, 4.69) is 5.32 Å². The Balaban J connectivity index is 2.64. The second kappa shape index (κ2) is 3.67. The number of hydrogen-bond donors (Lipinski definition) is 2. The van der Waals surface area contributed by atoms with Gasteiger partial charge in [-0.15, -0.1) is 0 Å². The third kappa shape index (κ3) is 2.10.